The van der Waals surface area contributed by atoms with Crippen LogP contribution in [0.1, 0.15) is 146 Å². The molecule has 0 amide bonds. The van der Waals surface area contributed by atoms with Gasteiger partial charge in [-0.2, -0.15) is 0 Å². The number of hydrogen-bond acceptors (Lipinski definition) is 9. The van der Waals surface area contributed by atoms with Gasteiger partial charge in [0.2, 0.25) is 0 Å². The van der Waals surface area contributed by atoms with Crippen LogP contribution in [0.3, 0.4) is 0 Å². The maximum absolute atomic E-state index is 13.6. The van der Waals surface area contributed by atoms with Crippen LogP contribution in [0.25, 0.3) is 0 Å². The van der Waals surface area contributed by atoms with E-state index in [4.69, 9.17) is 24.5 Å². The number of fused-ring (bicyclic) bond motifs is 5. The molecule has 0 aromatic rings. The quantitative estimate of drug-likeness (QED) is 0.0714. The molecule has 8 bridgehead atoms. The molecule has 6 rings (SSSR count). The van der Waals surface area contributed by atoms with Crippen molar-refractivity contribution in [3.63, 3.8) is 0 Å². The summed E-state index contributed by atoms with van der Waals surface area (Å²) in [5.74, 6) is -0.808. The SMILES string of the molecule is C=CC1=C(C)C2=NC1=CC1=NC(=CC3=C(C)C4=C(O)[C@H](C(=O)OC)C(=C5NC(=C2)[C@@H](C)[C@@H]5CCC(=O)OC/C=C(/C)CCC[C@@H](C)CCCCCCCC(C)C)C4=N3)C(CC)=C1C. The number of nitrogens with one attached hydrogen (secondary N) is 1. The Labute approximate surface area is 377 Å². The standard InChI is InChI=1S/C54H72N4O5/c1-12-38-34(7)41-28-43-36(9)40(24-25-47(59)63-27-26-33(6)23-19-22-32(5)21-18-16-14-15-17-20-31(3)4)51(57-43)49-50(54(61)62-11)53(60)48-37(10)44(58-52(48)49)30-46-39(13-2)35(8)42(56-46)29-45(38)55-41/h12,26,28-32,36,40,50,57,60H,1,13-25,27H2,2-11H3/b33-26-,43-28?,45-29?,46-30?,51-49?/t32-,36-,40-,50+/m0/s1. The summed E-state index contributed by atoms with van der Waals surface area (Å²) >= 11 is 0. The number of hydrogen-bond donors (Lipinski definition) is 2. The molecule has 0 aromatic carbocycles. The van der Waals surface area contributed by atoms with Crippen molar-refractivity contribution in [2.24, 2.45) is 44.6 Å². The van der Waals surface area contributed by atoms with Crippen molar-refractivity contribution in [1.29, 1.82) is 0 Å². The van der Waals surface area contributed by atoms with Crippen LogP contribution in [0.4, 0.5) is 0 Å². The van der Waals surface area contributed by atoms with E-state index in [1.165, 1.54) is 64.0 Å². The van der Waals surface area contributed by atoms with Crippen molar-refractivity contribution >= 4 is 29.1 Å². The maximum atomic E-state index is 13.6. The number of carbonyl (C=O) groups is 2. The molecule has 0 aromatic heterocycles. The Hall–Kier alpha value is -5.05. The molecule has 5 aliphatic heterocycles. The van der Waals surface area contributed by atoms with E-state index < -0.39 is 11.9 Å². The van der Waals surface area contributed by atoms with Crippen molar-refractivity contribution in [3.8, 4) is 0 Å². The molecule has 9 heteroatoms. The normalized spacial score (nSPS) is 22.4. The predicted molar refractivity (Wildman–Crippen MR) is 257 cm³/mol. The fourth-order valence-corrected chi connectivity index (χ4v) is 9.95. The first-order chi connectivity index (χ1) is 30.2. The molecular weight excluding hydrogens is 785 g/mol. The fourth-order valence-electron chi connectivity index (χ4n) is 9.95. The van der Waals surface area contributed by atoms with E-state index in [0.29, 0.717) is 29.0 Å². The van der Waals surface area contributed by atoms with Crippen molar-refractivity contribution in [1.82, 2.24) is 5.32 Å². The fraction of sp³-hybridized carbons (Fsp3) is 0.537. The monoisotopic (exact) mass is 857 g/mol. The summed E-state index contributed by atoms with van der Waals surface area (Å²) in [6, 6.07) is 0. The molecule has 1 fully saturated rings. The molecule has 9 nitrogen and oxygen atoms in total. The third-order valence-electron chi connectivity index (χ3n) is 13.9. The minimum atomic E-state index is -1.08. The molecule has 2 N–H and O–H groups in total. The van der Waals surface area contributed by atoms with E-state index in [1.807, 2.05) is 38.2 Å². The molecule has 4 atom stereocenters. The van der Waals surface area contributed by atoms with E-state index in [1.54, 1.807) is 0 Å². The van der Waals surface area contributed by atoms with Gasteiger partial charge in [-0.1, -0.05) is 104 Å². The second kappa shape index (κ2) is 21.1. The van der Waals surface area contributed by atoms with Gasteiger partial charge in [-0.25, -0.2) is 15.0 Å². The number of aliphatic imine (C=N–C) groups is 3. The number of ether oxygens (including phenoxy) is 2. The maximum Gasteiger partial charge on any atom is 0.321 e. The zero-order valence-electron chi connectivity index (χ0n) is 39.8. The first-order valence-electron chi connectivity index (χ1n) is 23.7. The van der Waals surface area contributed by atoms with Crippen LogP contribution in [0, 0.1) is 29.6 Å². The number of aliphatic hydroxyl groups is 1. The van der Waals surface area contributed by atoms with Gasteiger partial charge in [-0.05, 0) is 112 Å². The summed E-state index contributed by atoms with van der Waals surface area (Å²) < 4.78 is 11.1. The lowest BCUT2D eigenvalue weighted by Crippen LogP contribution is -2.25. The molecular formula is C54H72N4O5. The van der Waals surface area contributed by atoms with Gasteiger partial charge in [-0.3, -0.25) is 9.59 Å². The van der Waals surface area contributed by atoms with Crippen LogP contribution >= 0.6 is 0 Å². The number of allylic oxidation sites excluding steroid dienone is 12. The summed E-state index contributed by atoms with van der Waals surface area (Å²) in [7, 11) is 1.33. The smallest absolute Gasteiger partial charge is 0.321 e. The number of esters is 2. The molecule has 0 saturated carbocycles. The van der Waals surface area contributed by atoms with Gasteiger partial charge in [0.1, 0.15) is 18.3 Å². The van der Waals surface area contributed by atoms with E-state index >= 15 is 0 Å². The number of rotatable bonds is 20. The van der Waals surface area contributed by atoms with Gasteiger partial charge in [0.15, 0.2) is 0 Å². The topological polar surface area (TPSA) is 122 Å². The van der Waals surface area contributed by atoms with Crippen molar-refractivity contribution in [2.45, 2.75) is 146 Å². The summed E-state index contributed by atoms with van der Waals surface area (Å²) in [6.45, 7) is 23.8. The number of unbranched alkanes of at least 4 members (excludes halogenated alkanes) is 4. The van der Waals surface area contributed by atoms with Crippen LogP contribution in [0.2, 0.25) is 0 Å². The van der Waals surface area contributed by atoms with Crippen LogP contribution in [0.5, 0.6) is 0 Å². The molecule has 63 heavy (non-hydrogen) atoms. The Morgan fingerprint density at radius 3 is 2.27 bits per heavy atom. The van der Waals surface area contributed by atoms with Gasteiger partial charge in [0.25, 0.3) is 0 Å². The van der Waals surface area contributed by atoms with Crippen LogP contribution in [-0.4, -0.2) is 47.9 Å². The number of aliphatic hydroxyl groups excluding tert-OH is 1. The zero-order chi connectivity index (χ0) is 45.5. The van der Waals surface area contributed by atoms with Gasteiger partial charge < -0.3 is 19.9 Å². The first kappa shape index (κ1) is 47.4. The second-order valence-corrected chi connectivity index (χ2v) is 18.9. The molecule has 338 valence electrons. The van der Waals surface area contributed by atoms with Gasteiger partial charge in [0, 0.05) is 46.4 Å². The number of methoxy groups -OCH3 is 1. The van der Waals surface area contributed by atoms with Crippen LogP contribution < -0.4 is 5.32 Å². The molecule has 1 aliphatic carbocycles. The van der Waals surface area contributed by atoms with Crippen LogP contribution in [-0.2, 0) is 19.1 Å². The van der Waals surface area contributed by atoms with E-state index in [2.05, 4.69) is 66.4 Å². The predicted octanol–water partition coefficient (Wildman–Crippen LogP) is 12.7. The largest absolute Gasteiger partial charge is 0.510 e. The number of carbonyl (C=O) groups excluding carboxylic acids is 2. The van der Waals surface area contributed by atoms with E-state index in [9.17, 15) is 14.7 Å². The molecule has 5 heterocycles. The zero-order valence-corrected chi connectivity index (χ0v) is 39.8. The highest BCUT2D eigenvalue weighted by Crippen LogP contribution is 2.49. The van der Waals surface area contributed by atoms with E-state index in [-0.39, 0.29) is 36.6 Å². The lowest BCUT2D eigenvalue weighted by molar-refractivity contribution is -0.144. The summed E-state index contributed by atoms with van der Waals surface area (Å²) in [6.07, 6.45) is 24.1. The third kappa shape index (κ3) is 10.5. The van der Waals surface area contributed by atoms with Crippen molar-refractivity contribution < 1.29 is 24.2 Å². The van der Waals surface area contributed by atoms with Crippen molar-refractivity contribution in [2.75, 3.05) is 13.7 Å². The Balaban J connectivity index is 1.20. The highest BCUT2D eigenvalue weighted by Gasteiger charge is 2.49. The summed E-state index contributed by atoms with van der Waals surface area (Å²) in [4.78, 5) is 42.4. The molecule has 0 unspecified atom stereocenters. The Morgan fingerprint density at radius 1 is 0.889 bits per heavy atom. The number of nitrogens with zero attached hydrogens (tertiary/aromatic N) is 3. The Bertz CT molecular complexity index is 2260. The van der Waals surface area contributed by atoms with Crippen LogP contribution in [0.15, 0.2) is 131 Å². The van der Waals surface area contributed by atoms with Crippen molar-refractivity contribution in [3.05, 3.63) is 116 Å². The highest BCUT2D eigenvalue weighted by molar-refractivity contribution is 6.24. The minimum Gasteiger partial charge on any atom is -0.510 e. The Kier molecular flexibility index (Phi) is 15.9. The average molecular weight is 857 g/mol. The summed E-state index contributed by atoms with van der Waals surface area (Å²) in [5.41, 5.74) is 13.3. The first-order valence-corrected chi connectivity index (χ1v) is 23.7. The highest BCUT2D eigenvalue weighted by atomic mass is 16.5. The van der Waals surface area contributed by atoms with E-state index in [0.717, 1.165) is 93.2 Å². The summed E-state index contributed by atoms with van der Waals surface area (Å²) in [5, 5.41) is 15.6. The minimum absolute atomic E-state index is 0.0835. The van der Waals surface area contributed by atoms with Gasteiger partial charge in [-0.15, -0.1) is 0 Å². The molecule has 0 spiro atoms. The Morgan fingerprint density at radius 2 is 1.57 bits per heavy atom. The molecule has 0 radical (unpaired) electrons. The third-order valence-corrected chi connectivity index (χ3v) is 13.9. The second-order valence-electron chi connectivity index (χ2n) is 18.9. The lowest BCUT2D eigenvalue weighted by atomic mass is 9.84. The van der Waals surface area contributed by atoms with Gasteiger partial charge >= 0.3 is 11.9 Å². The lowest BCUT2D eigenvalue weighted by Gasteiger charge is -2.20. The molecule has 6 aliphatic rings. The molecule has 1 saturated heterocycles. The average Bonchev–Trinajstić information content (AvgIpc) is 3.99. The van der Waals surface area contributed by atoms with Gasteiger partial charge in [0.05, 0.1) is 41.3 Å².